The van der Waals surface area contributed by atoms with Gasteiger partial charge in [0, 0.05) is 17.5 Å². The van der Waals surface area contributed by atoms with Crippen LogP contribution in [0.15, 0.2) is 42.6 Å². The molecule has 0 saturated carbocycles. The van der Waals surface area contributed by atoms with Gasteiger partial charge in [-0.2, -0.15) is 15.4 Å². The van der Waals surface area contributed by atoms with Crippen LogP contribution in [-0.4, -0.2) is 20.4 Å². The summed E-state index contributed by atoms with van der Waals surface area (Å²) in [6.07, 6.45) is 2.32. The average Bonchev–Trinajstić information content (AvgIpc) is 2.98. The second-order valence-corrected chi connectivity index (χ2v) is 4.31. The predicted molar refractivity (Wildman–Crippen MR) is 71.9 cm³/mol. The van der Waals surface area contributed by atoms with Gasteiger partial charge in [-0.1, -0.05) is 24.3 Å². The number of fused-ring (bicyclic) bond motifs is 1. The fourth-order valence-corrected chi connectivity index (χ4v) is 2.06. The molecule has 0 radical (unpaired) electrons. The smallest absolute Gasteiger partial charge is 0.101 e. The fraction of sp³-hybridized carbons (Fsp3) is 0.154. The third kappa shape index (κ3) is 2.44. The number of hydrogen-bond donors (Lipinski definition) is 3. The summed E-state index contributed by atoms with van der Waals surface area (Å²) in [6.45, 7) is 0. The van der Waals surface area contributed by atoms with E-state index in [1.807, 2.05) is 30.3 Å². The van der Waals surface area contributed by atoms with Gasteiger partial charge < -0.3 is 0 Å². The Morgan fingerprint density at radius 2 is 2.11 bits per heavy atom. The van der Waals surface area contributed by atoms with E-state index in [0.717, 1.165) is 22.3 Å². The first-order valence-corrected chi connectivity index (χ1v) is 6.03. The van der Waals surface area contributed by atoms with Gasteiger partial charge in [-0.3, -0.25) is 16.3 Å². The lowest BCUT2D eigenvalue weighted by Crippen LogP contribution is -2.30. The van der Waals surface area contributed by atoms with Crippen LogP contribution in [0.2, 0.25) is 0 Å². The number of para-hydroxylation sites is 1. The first-order chi connectivity index (χ1) is 9.36. The van der Waals surface area contributed by atoms with E-state index in [1.165, 1.54) is 0 Å². The minimum atomic E-state index is -0.104. The van der Waals surface area contributed by atoms with E-state index in [1.54, 1.807) is 6.20 Å². The van der Waals surface area contributed by atoms with Crippen LogP contribution in [0.25, 0.3) is 10.9 Å². The zero-order valence-electron chi connectivity index (χ0n) is 10.2. The van der Waals surface area contributed by atoms with Gasteiger partial charge in [-0.05, 0) is 12.1 Å². The molecular formula is C13H14N6. The summed E-state index contributed by atoms with van der Waals surface area (Å²) in [7, 11) is 0. The van der Waals surface area contributed by atoms with Crippen LogP contribution < -0.4 is 11.3 Å². The van der Waals surface area contributed by atoms with Crippen molar-refractivity contribution in [3.05, 3.63) is 54.0 Å². The lowest BCUT2D eigenvalue weighted by atomic mass is 10.1. The van der Waals surface area contributed by atoms with Crippen molar-refractivity contribution in [3.63, 3.8) is 0 Å². The van der Waals surface area contributed by atoms with E-state index in [0.29, 0.717) is 6.42 Å². The van der Waals surface area contributed by atoms with Crippen LogP contribution in [0.1, 0.15) is 17.4 Å². The van der Waals surface area contributed by atoms with Gasteiger partial charge in [0.25, 0.3) is 0 Å². The minimum absolute atomic E-state index is 0.104. The maximum atomic E-state index is 5.57. The molecule has 0 bridgehead atoms. The molecule has 1 unspecified atom stereocenters. The Bertz CT molecular complexity index is 664. The number of benzene rings is 1. The topological polar surface area (TPSA) is 92.5 Å². The quantitative estimate of drug-likeness (QED) is 0.479. The zero-order valence-corrected chi connectivity index (χ0v) is 10.2. The summed E-state index contributed by atoms with van der Waals surface area (Å²) >= 11 is 0. The van der Waals surface area contributed by atoms with Crippen molar-refractivity contribution in [2.24, 2.45) is 5.84 Å². The summed E-state index contributed by atoms with van der Waals surface area (Å²) in [5, 5.41) is 11.5. The monoisotopic (exact) mass is 254 g/mol. The van der Waals surface area contributed by atoms with Crippen LogP contribution >= 0.6 is 0 Å². The molecule has 1 atom stereocenters. The molecule has 0 aliphatic heterocycles. The van der Waals surface area contributed by atoms with Gasteiger partial charge in [-0.25, -0.2) is 0 Å². The molecule has 19 heavy (non-hydrogen) atoms. The third-order valence-electron chi connectivity index (χ3n) is 3.06. The van der Waals surface area contributed by atoms with Crippen molar-refractivity contribution >= 4 is 10.9 Å². The number of hydrazine groups is 1. The summed E-state index contributed by atoms with van der Waals surface area (Å²) in [5.41, 5.74) is 5.46. The Morgan fingerprint density at radius 3 is 2.89 bits per heavy atom. The standard InChI is InChI=1S/C13H14N6/c14-17-12(13-8-15-19-18-13)7-10-6-5-9-3-1-2-4-11(9)16-10/h1-6,8,12,17H,7,14H2,(H,15,18,19). The number of nitrogens with zero attached hydrogens (tertiary/aromatic N) is 3. The van der Waals surface area contributed by atoms with Gasteiger partial charge in [0.05, 0.1) is 17.8 Å². The maximum absolute atomic E-state index is 5.57. The Hall–Kier alpha value is -2.31. The predicted octanol–water partition coefficient (Wildman–Crippen LogP) is 1.10. The molecule has 0 aliphatic rings. The lowest BCUT2D eigenvalue weighted by Gasteiger charge is -2.12. The van der Waals surface area contributed by atoms with Crippen LogP contribution in [0.4, 0.5) is 0 Å². The van der Waals surface area contributed by atoms with Crippen molar-refractivity contribution in [1.29, 1.82) is 0 Å². The number of aromatic nitrogens is 4. The Labute approximate surface area is 110 Å². The lowest BCUT2D eigenvalue weighted by molar-refractivity contribution is 0.532. The van der Waals surface area contributed by atoms with Crippen LogP contribution in [-0.2, 0) is 6.42 Å². The molecule has 0 aliphatic carbocycles. The largest absolute Gasteiger partial charge is 0.271 e. The van der Waals surface area contributed by atoms with Crippen LogP contribution in [0.5, 0.6) is 0 Å². The molecule has 0 spiro atoms. The molecule has 0 saturated heterocycles. The number of rotatable bonds is 4. The normalized spacial score (nSPS) is 12.7. The summed E-state index contributed by atoms with van der Waals surface area (Å²) in [4.78, 5) is 4.62. The Balaban J connectivity index is 1.88. The highest BCUT2D eigenvalue weighted by atomic mass is 15.3. The molecular weight excluding hydrogens is 240 g/mol. The molecule has 4 N–H and O–H groups in total. The van der Waals surface area contributed by atoms with Crippen molar-refractivity contribution in [2.45, 2.75) is 12.5 Å². The highest BCUT2D eigenvalue weighted by molar-refractivity contribution is 5.78. The van der Waals surface area contributed by atoms with E-state index in [2.05, 4.69) is 31.9 Å². The molecule has 0 fully saturated rings. The Morgan fingerprint density at radius 1 is 1.21 bits per heavy atom. The van der Waals surface area contributed by atoms with E-state index in [-0.39, 0.29) is 6.04 Å². The van der Waals surface area contributed by atoms with E-state index < -0.39 is 0 Å². The number of aromatic amines is 1. The van der Waals surface area contributed by atoms with Crippen molar-refractivity contribution in [3.8, 4) is 0 Å². The number of hydrogen-bond acceptors (Lipinski definition) is 5. The van der Waals surface area contributed by atoms with Gasteiger partial charge >= 0.3 is 0 Å². The molecule has 6 nitrogen and oxygen atoms in total. The van der Waals surface area contributed by atoms with Gasteiger partial charge in [-0.15, -0.1) is 0 Å². The fourth-order valence-electron chi connectivity index (χ4n) is 2.06. The third-order valence-corrected chi connectivity index (χ3v) is 3.06. The van der Waals surface area contributed by atoms with Crippen LogP contribution in [0.3, 0.4) is 0 Å². The summed E-state index contributed by atoms with van der Waals surface area (Å²) in [5.74, 6) is 5.57. The summed E-state index contributed by atoms with van der Waals surface area (Å²) in [6, 6.07) is 12.0. The first kappa shape index (κ1) is 11.8. The second-order valence-electron chi connectivity index (χ2n) is 4.31. The summed E-state index contributed by atoms with van der Waals surface area (Å²) < 4.78 is 0. The van der Waals surface area contributed by atoms with Gasteiger partial charge in [0.15, 0.2) is 0 Å². The zero-order chi connectivity index (χ0) is 13.1. The second kappa shape index (κ2) is 5.13. The van der Waals surface area contributed by atoms with E-state index in [9.17, 15) is 0 Å². The molecule has 96 valence electrons. The van der Waals surface area contributed by atoms with Crippen molar-refractivity contribution in [1.82, 2.24) is 25.8 Å². The van der Waals surface area contributed by atoms with Crippen LogP contribution in [0, 0.1) is 0 Å². The number of nitrogens with two attached hydrogens (primary N) is 1. The molecule has 6 heteroatoms. The van der Waals surface area contributed by atoms with Crippen molar-refractivity contribution in [2.75, 3.05) is 0 Å². The van der Waals surface area contributed by atoms with E-state index >= 15 is 0 Å². The highest BCUT2D eigenvalue weighted by Crippen LogP contribution is 2.17. The maximum Gasteiger partial charge on any atom is 0.101 e. The van der Waals surface area contributed by atoms with Crippen molar-refractivity contribution < 1.29 is 0 Å². The molecule has 3 rings (SSSR count). The molecule has 3 aromatic rings. The molecule has 2 aromatic heterocycles. The molecule has 2 heterocycles. The Kier molecular flexibility index (Phi) is 3.18. The first-order valence-electron chi connectivity index (χ1n) is 6.03. The van der Waals surface area contributed by atoms with Gasteiger partial charge in [0.1, 0.15) is 5.69 Å². The molecule has 0 amide bonds. The SMILES string of the molecule is NNC(Cc1ccc2ccccc2n1)c1cn[nH]n1. The van der Waals surface area contributed by atoms with Gasteiger partial charge in [0.2, 0.25) is 0 Å². The highest BCUT2D eigenvalue weighted by Gasteiger charge is 2.14. The minimum Gasteiger partial charge on any atom is -0.271 e. The number of nitrogens with one attached hydrogen (secondary N) is 2. The average molecular weight is 254 g/mol. The van der Waals surface area contributed by atoms with E-state index in [4.69, 9.17) is 5.84 Å². The number of pyridine rings is 1. The molecule has 1 aromatic carbocycles. The number of H-pyrrole nitrogens is 1.